The molecule has 4 heteroatoms. The van der Waals surface area contributed by atoms with Crippen LogP contribution in [-0.2, 0) is 12.8 Å². The summed E-state index contributed by atoms with van der Waals surface area (Å²) in [5.74, 6) is 0. The highest BCUT2D eigenvalue weighted by Crippen LogP contribution is 2.39. The average Bonchev–Trinajstić information content (AvgIpc) is 3.30. The van der Waals surface area contributed by atoms with E-state index in [0.717, 1.165) is 28.5 Å². The molecule has 27 heavy (non-hydrogen) atoms. The lowest BCUT2D eigenvalue weighted by atomic mass is 9.97. The minimum atomic E-state index is -2.26. The van der Waals surface area contributed by atoms with Crippen molar-refractivity contribution in [3.05, 3.63) is 58.7 Å². The molecule has 3 nitrogen and oxygen atoms in total. The zero-order valence-corrected chi connectivity index (χ0v) is 15.4. The van der Waals surface area contributed by atoms with E-state index in [9.17, 15) is 0 Å². The number of pyridine rings is 2. The van der Waals surface area contributed by atoms with Crippen molar-refractivity contribution in [2.24, 2.45) is 0 Å². The van der Waals surface area contributed by atoms with E-state index in [1.165, 1.54) is 39.8 Å². The maximum absolute atomic E-state index is 7.61. The molecule has 0 saturated carbocycles. The highest BCUT2D eigenvalue weighted by atomic mass is 32.1. The van der Waals surface area contributed by atoms with Crippen LogP contribution in [0.1, 0.15) is 33.1 Å². The van der Waals surface area contributed by atoms with Crippen LogP contribution in [0.4, 0.5) is 0 Å². The van der Waals surface area contributed by atoms with Crippen LogP contribution in [0.15, 0.2) is 47.0 Å². The number of aromatic nitrogens is 2. The number of para-hydroxylation sites is 1. The predicted octanol–water partition coefficient (Wildman–Crippen LogP) is 6.44. The molecule has 5 aromatic rings. The van der Waals surface area contributed by atoms with Crippen LogP contribution in [0.2, 0.25) is 0 Å². The fraction of sp³-hybridized carbons (Fsp3) is 0.217. The van der Waals surface area contributed by atoms with Gasteiger partial charge in [-0.05, 0) is 62.4 Å². The first kappa shape index (κ1) is 12.6. The van der Waals surface area contributed by atoms with Gasteiger partial charge in [0.2, 0.25) is 5.71 Å². The van der Waals surface area contributed by atoms with Crippen molar-refractivity contribution >= 4 is 43.5 Å². The van der Waals surface area contributed by atoms with Gasteiger partial charge in [-0.15, -0.1) is 11.3 Å². The topological polar surface area (TPSA) is 38.9 Å². The molecular weight excluding hydrogens is 352 g/mol. The van der Waals surface area contributed by atoms with Crippen LogP contribution in [0.5, 0.6) is 0 Å². The molecule has 1 aromatic carbocycles. The Labute approximate surface area is 164 Å². The fourth-order valence-corrected chi connectivity index (χ4v) is 5.49. The number of hydrogen-bond donors (Lipinski definition) is 0. The molecular formula is C23H18N2OS. The summed E-state index contributed by atoms with van der Waals surface area (Å²) in [5, 5.41) is 3.01. The second-order valence-corrected chi connectivity index (χ2v) is 8.25. The Bertz CT molecular complexity index is 1450. The second kappa shape index (κ2) is 5.64. The predicted molar refractivity (Wildman–Crippen MR) is 112 cm³/mol. The lowest BCUT2D eigenvalue weighted by Gasteiger charge is -2.10. The largest absolute Gasteiger partial charge is 0.437 e. The smallest absolute Gasteiger partial charge is 0.227 e. The summed E-state index contributed by atoms with van der Waals surface area (Å²) in [6.45, 7) is -2.26. The van der Waals surface area contributed by atoms with E-state index in [2.05, 4.69) is 11.1 Å². The molecule has 1 aliphatic carbocycles. The van der Waals surface area contributed by atoms with E-state index >= 15 is 0 Å². The molecule has 0 aliphatic heterocycles. The quantitative estimate of drug-likeness (QED) is 0.339. The number of rotatable bonds is 1. The van der Waals surface area contributed by atoms with Crippen LogP contribution in [0.3, 0.4) is 0 Å². The minimum Gasteiger partial charge on any atom is -0.437 e. The average molecular weight is 373 g/mol. The fourth-order valence-electron chi connectivity index (χ4n) is 4.18. The lowest BCUT2D eigenvalue weighted by Crippen LogP contribution is -1.97. The number of aryl methyl sites for hydroxylation is 3. The Morgan fingerprint density at radius 1 is 1.07 bits per heavy atom. The standard InChI is InChI=1S/C23H18N2OS/c1-13-9-10-16-15-6-4-7-17(22(15)26-23(16)25-13)19-11-21-18(12-24-19)14-5-2-3-8-20(14)27-21/h4,6-7,9-12H,2-3,5,8H2,1H3/i1D3. The molecule has 0 atom stereocenters. The Morgan fingerprint density at radius 3 is 3.00 bits per heavy atom. The Morgan fingerprint density at radius 2 is 2.04 bits per heavy atom. The van der Waals surface area contributed by atoms with Gasteiger partial charge in [-0.25, -0.2) is 4.98 Å². The number of benzene rings is 1. The lowest BCUT2D eigenvalue weighted by molar-refractivity contribution is 0.653. The maximum Gasteiger partial charge on any atom is 0.227 e. The molecule has 0 amide bonds. The van der Waals surface area contributed by atoms with Gasteiger partial charge in [-0.1, -0.05) is 12.1 Å². The molecule has 0 radical (unpaired) electrons. The van der Waals surface area contributed by atoms with Gasteiger partial charge in [-0.3, -0.25) is 4.98 Å². The molecule has 132 valence electrons. The summed E-state index contributed by atoms with van der Waals surface area (Å²) < 4.78 is 30.2. The number of nitrogens with zero attached hydrogens (tertiary/aromatic N) is 2. The Hall–Kier alpha value is -2.72. The molecule has 1 aliphatic rings. The van der Waals surface area contributed by atoms with E-state index in [0.29, 0.717) is 11.3 Å². The third kappa shape index (κ3) is 2.26. The van der Waals surface area contributed by atoms with Crippen LogP contribution in [0, 0.1) is 6.85 Å². The van der Waals surface area contributed by atoms with Gasteiger partial charge >= 0.3 is 0 Å². The first-order chi connectivity index (χ1) is 14.5. The van der Waals surface area contributed by atoms with Crippen LogP contribution in [0.25, 0.3) is 43.4 Å². The van der Waals surface area contributed by atoms with Gasteiger partial charge in [0.05, 0.1) is 5.69 Å². The highest BCUT2D eigenvalue weighted by molar-refractivity contribution is 7.19. The number of thiophene rings is 1. The van der Waals surface area contributed by atoms with Crippen molar-refractivity contribution in [2.45, 2.75) is 32.5 Å². The molecule has 0 spiro atoms. The third-order valence-corrected chi connectivity index (χ3v) is 6.74. The highest BCUT2D eigenvalue weighted by Gasteiger charge is 2.18. The summed E-state index contributed by atoms with van der Waals surface area (Å²) in [7, 11) is 0. The van der Waals surface area contributed by atoms with Gasteiger partial charge in [0.15, 0.2) is 0 Å². The van der Waals surface area contributed by atoms with E-state index in [1.54, 1.807) is 12.1 Å². The summed E-state index contributed by atoms with van der Waals surface area (Å²) in [4.78, 5) is 10.5. The summed E-state index contributed by atoms with van der Waals surface area (Å²) in [6, 6.07) is 11.4. The zero-order chi connectivity index (χ0) is 20.5. The molecule has 0 N–H and O–H groups in total. The summed E-state index contributed by atoms with van der Waals surface area (Å²) in [6.07, 6.45) is 6.83. The van der Waals surface area contributed by atoms with Crippen molar-refractivity contribution in [1.82, 2.24) is 9.97 Å². The van der Waals surface area contributed by atoms with E-state index in [1.807, 2.05) is 35.7 Å². The second-order valence-electron chi connectivity index (χ2n) is 7.11. The zero-order valence-electron chi connectivity index (χ0n) is 17.6. The molecule has 4 heterocycles. The van der Waals surface area contributed by atoms with E-state index < -0.39 is 6.85 Å². The van der Waals surface area contributed by atoms with Crippen LogP contribution >= 0.6 is 11.3 Å². The van der Waals surface area contributed by atoms with Gasteiger partial charge in [-0.2, -0.15) is 0 Å². The monoisotopic (exact) mass is 373 g/mol. The van der Waals surface area contributed by atoms with Crippen molar-refractivity contribution in [1.29, 1.82) is 0 Å². The number of hydrogen-bond acceptors (Lipinski definition) is 4. The molecule has 0 saturated heterocycles. The van der Waals surface area contributed by atoms with Crippen molar-refractivity contribution in [3.63, 3.8) is 0 Å². The van der Waals surface area contributed by atoms with Gasteiger partial charge < -0.3 is 4.42 Å². The molecule has 0 bridgehead atoms. The first-order valence-corrected chi connectivity index (χ1v) is 10.0. The van der Waals surface area contributed by atoms with E-state index in [4.69, 9.17) is 13.5 Å². The van der Waals surface area contributed by atoms with Crippen LogP contribution in [-0.4, -0.2) is 9.97 Å². The van der Waals surface area contributed by atoms with Gasteiger partial charge in [0, 0.05) is 47.3 Å². The van der Waals surface area contributed by atoms with Crippen molar-refractivity contribution in [3.8, 4) is 11.3 Å². The molecule has 4 aromatic heterocycles. The van der Waals surface area contributed by atoms with Gasteiger partial charge in [0.25, 0.3) is 0 Å². The molecule has 0 unspecified atom stereocenters. The van der Waals surface area contributed by atoms with Crippen LogP contribution < -0.4 is 0 Å². The third-order valence-electron chi connectivity index (χ3n) is 5.48. The Kier molecular flexibility index (Phi) is 2.64. The first-order valence-electron chi connectivity index (χ1n) is 10.7. The van der Waals surface area contributed by atoms with Crippen molar-refractivity contribution < 1.29 is 8.53 Å². The summed E-state index contributed by atoms with van der Waals surface area (Å²) >= 11 is 1.88. The molecule has 0 fully saturated rings. The van der Waals surface area contributed by atoms with Crippen molar-refractivity contribution in [2.75, 3.05) is 0 Å². The van der Waals surface area contributed by atoms with E-state index in [-0.39, 0.29) is 5.69 Å². The number of fused-ring (bicyclic) bond motifs is 6. The maximum atomic E-state index is 7.61. The summed E-state index contributed by atoms with van der Waals surface area (Å²) in [5.41, 5.74) is 4.31. The Balaban J connectivity index is 1.55. The minimum absolute atomic E-state index is 0.0410. The normalized spacial score (nSPS) is 16.4. The molecule has 6 rings (SSSR count). The SMILES string of the molecule is [2H]C([2H])([2H])c1ccc2c(n1)oc1c(-c3cc4sc5c(c4cn3)CCCC5)cccc12. The van der Waals surface area contributed by atoms with Gasteiger partial charge in [0.1, 0.15) is 5.58 Å². The number of furan rings is 1.